The Morgan fingerprint density at radius 1 is 0.857 bits per heavy atom. The van der Waals surface area contributed by atoms with Gasteiger partial charge in [0.2, 0.25) is 0 Å². The summed E-state index contributed by atoms with van der Waals surface area (Å²) < 4.78 is 11.0. The number of rotatable bonds is 17. The normalized spacial score (nSPS) is 25.6. The molecule has 28 heavy (non-hydrogen) atoms. The summed E-state index contributed by atoms with van der Waals surface area (Å²) in [7, 11) is 0. The van der Waals surface area contributed by atoms with Crippen molar-refractivity contribution in [2.75, 3.05) is 19.8 Å². The van der Waals surface area contributed by atoms with Gasteiger partial charge in [0.1, 0.15) is 24.4 Å². The van der Waals surface area contributed by atoms with Crippen LogP contribution < -0.4 is 0 Å². The van der Waals surface area contributed by atoms with Crippen LogP contribution in [0.3, 0.4) is 0 Å². The average Bonchev–Trinajstić information content (AvgIpc) is 2.70. The summed E-state index contributed by atoms with van der Waals surface area (Å²) in [5.74, 6) is 0. The highest BCUT2D eigenvalue weighted by Gasteiger charge is 2.39. The molecule has 1 aliphatic rings. The molecule has 0 spiro atoms. The number of ether oxygens (including phenoxy) is 2. The number of hydrogen-bond donors (Lipinski definition) is 3. The summed E-state index contributed by atoms with van der Waals surface area (Å²) in [6, 6.07) is 0. The minimum absolute atomic E-state index is 0.0427. The fourth-order valence-corrected chi connectivity index (χ4v) is 3.61. The monoisotopic (exact) mass is 400 g/mol. The first kappa shape index (κ1) is 25.6. The molecule has 0 radical (unpaired) electrons. The lowest BCUT2D eigenvalue weighted by atomic mass is 10.0. The number of hydrogen-bond acceptors (Lipinski definition) is 5. The molecule has 0 aromatic carbocycles. The Bertz CT molecular complexity index is 372. The highest BCUT2D eigenvalue weighted by Crippen LogP contribution is 2.19. The van der Waals surface area contributed by atoms with E-state index < -0.39 is 24.4 Å². The van der Waals surface area contributed by atoms with Crippen molar-refractivity contribution in [1.29, 1.82) is 0 Å². The highest BCUT2D eigenvalue weighted by molar-refractivity contribution is 4.87. The van der Waals surface area contributed by atoms with E-state index in [1.807, 2.05) is 0 Å². The number of aliphatic hydroxyl groups is 3. The van der Waals surface area contributed by atoms with Gasteiger partial charge in [-0.3, -0.25) is 0 Å². The summed E-state index contributed by atoms with van der Waals surface area (Å²) in [6.07, 6.45) is 17.8. The molecule has 3 N–H and O–H groups in total. The molecule has 0 aromatic rings. The molecule has 166 valence electrons. The van der Waals surface area contributed by atoms with Gasteiger partial charge in [-0.1, -0.05) is 70.4 Å². The third-order valence-corrected chi connectivity index (χ3v) is 5.47. The van der Waals surface area contributed by atoms with Crippen LogP contribution in [-0.4, -0.2) is 59.6 Å². The molecule has 0 amide bonds. The maximum Gasteiger partial charge on any atom is 0.114 e. The predicted molar refractivity (Wildman–Crippen MR) is 113 cm³/mol. The van der Waals surface area contributed by atoms with E-state index in [1.165, 1.54) is 70.6 Å². The van der Waals surface area contributed by atoms with Crippen molar-refractivity contribution >= 4 is 0 Å². The van der Waals surface area contributed by atoms with Crippen molar-refractivity contribution in [2.45, 2.75) is 115 Å². The fourth-order valence-electron chi connectivity index (χ4n) is 3.61. The second-order valence-electron chi connectivity index (χ2n) is 8.03. The Balaban J connectivity index is 1.89. The highest BCUT2D eigenvalue weighted by atomic mass is 16.6. The van der Waals surface area contributed by atoms with E-state index in [2.05, 4.69) is 19.1 Å². The van der Waals surface area contributed by atoms with Crippen LogP contribution in [0.15, 0.2) is 12.2 Å². The van der Waals surface area contributed by atoms with Gasteiger partial charge in [0.25, 0.3) is 0 Å². The Labute approximate surface area is 172 Å². The van der Waals surface area contributed by atoms with Crippen LogP contribution in [0, 0.1) is 0 Å². The fraction of sp³-hybridized carbons (Fsp3) is 0.913. The van der Waals surface area contributed by atoms with Crippen LogP contribution in [0.5, 0.6) is 0 Å². The summed E-state index contributed by atoms with van der Waals surface area (Å²) in [4.78, 5) is 0. The summed E-state index contributed by atoms with van der Waals surface area (Å²) >= 11 is 0. The zero-order valence-electron chi connectivity index (χ0n) is 17.9. The molecule has 5 heteroatoms. The molecule has 0 aliphatic carbocycles. The van der Waals surface area contributed by atoms with Gasteiger partial charge in [0.15, 0.2) is 0 Å². The van der Waals surface area contributed by atoms with Crippen molar-refractivity contribution < 1.29 is 24.8 Å². The average molecular weight is 401 g/mol. The van der Waals surface area contributed by atoms with Crippen LogP contribution in [0.2, 0.25) is 0 Å². The van der Waals surface area contributed by atoms with E-state index in [1.54, 1.807) is 0 Å². The lowest BCUT2D eigenvalue weighted by molar-refractivity contribution is -0.211. The van der Waals surface area contributed by atoms with Gasteiger partial charge in [0.05, 0.1) is 13.2 Å². The Hall–Kier alpha value is -0.460. The van der Waals surface area contributed by atoms with Gasteiger partial charge < -0.3 is 24.8 Å². The smallest absolute Gasteiger partial charge is 0.114 e. The Kier molecular flexibility index (Phi) is 15.9. The van der Waals surface area contributed by atoms with E-state index in [0.29, 0.717) is 6.61 Å². The molecule has 5 nitrogen and oxygen atoms in total. The number of allylic oxidation sites excluding steroid dienone is 2. The maximum absolute atomic E-state index is 9.99. The maximum atomic E-state index is 9.99. The second-order valence-corrected chi connectivity index (χ2v) is 8.03. The van der Waals surface area contributed by atoms with Crippen LogP contribution in [0.1, 0.15) is 90.4 Å². The molecule has 0 bridgehead atoms. The van der Waals surface area contributed by atoms with Crippen molar-refractivity contribution in [3.8, 4) is 0 Å². The molecule has 0 aromatic heterocycles. The molecule has 1 rings (SSSR count). The molecule has 4 atom stereocenters. The van der Waals surface area contributed by atoms with Crippen LogP contribution in [0.4, 0.5) is 0 Å². The van der Waals surface area contributed by atoms with E-state index in [9.17, 15) is 15.3 Å². The van der Waals surface area contributed by atoms with E-state index in [0.717, 1.165) is 12.8 Å². The second kappa shape index (κ2) is 17.4. The van der Waals surface area contributed by atoms with Crippen molar-refractivity contribution in [3.05, 3.63) is 12.2 Å². The Morgan fingerprint density at radius 3 is 2.04 bits per heavy atom. The molecule has 0 saturated carbocycles. The zero-order valence-corrected chi connectivity index (χ0v) is 17.9. The third kappa shape index (κ3) is 11.5. The first-order valence-electron chi connectivity index (χ1n) is 11.6. The first-order chi connectivity index (χ1) is 13.7. The van der Waals surface area contributed by atoms with Crippen molar-refractivity contribution in [3.63, 3.8) is 0 Å². The summed E-state index contributed by atoms with van der Waals surface area (Å²) in [5.41, 5.74) is 0. The van der Waals surface area contributed by atoms with E-state index >= 15 is 0 Å². The lowest BCUT2D eigenvalue weighted by Gasteiger charge is -2.37. The van der Waals surface area contributed by atoms with Gasteiger partial charge in [-0.05, 0) is 32.1 Å². The summed E-state index contributed by atoms with van der Waals surface area (Å²) in [5, 5.41) is 28.9. The summed E-state index contributed by atoms with van der Waals surface area (Å²) in [6.45, 7) is 2.61. The zero-order chi connectivity index (χ0) is 20.5. The van der Waals surface area contributed by atoms with Crippen molar-refractivity contribution in [1.82, 2.24) is 0 Å². The topological polar surface area (TPSA) is 79.2 Å². The van der Waals surface area contributed by atoms with Crippen LogP contribution in [-0.2, 0) is 9.47 Å². The van der Waals surface area contributed by atoms with E-state index in [-0.39, 0.29) is 13.2 Å². The lowest BCUT2D eigenvalue weighted by Crippen LogP contribution is -2.55. The van der Waals surface area contributed by atoms with E-state index in [4.69, 9.17) is 9.47 Å². The number of unbranched alkanes of at least 4 members (excludes halogenated alkanes) is 11. The van der Waals surface area contributed by atoms with Gasteiger partial charge in [-0.15, -0.1) is 0 Å². The van der Waals surface area contributed by atoms with Gasteiger partial charge >= 0.3 is 0 Å². The quantitative estimate of drug-likeness (QED) is 0.253. The van der Waals surface area contributed by atoms with Gasteiger partial charge in [-0.2, -0.15) is 0 Å². The Morgan fingerprint density at radius 2 is 1.43 bits per heavy atom. The number of aliphatic hydroxyl groups excluding tert-OH is 3. The van der Waals surface area contributed by atoms with Gasteiger partial charge in [0, 0.05) is 6.61 Å². The standard InChI is InChI=1S/C23H44O5/c1-2-3-4-5-6-7-8-9-10-11-12-13-14-15-16-17-27-23-21(18-24)28-19-20(25)22(23)26/h7-8,20-26H,2-6,9-19H2,1H3/b8-7+/t20-,21+,22+,23+/m1/s1. The molecule has 1 aliphatic heterocycles. The first-order valence-corrected chi connectivity index (χ1v) is 11.6. The SMILES string of the molecule is CCCCCC/C=C/CCCCCCCCCO[C@@H]1[C@@H](O)[C@H](O)CO[C@H]1CO. The van der Waals surface area contributed by atoms with Crippen LogP contribution >= 0.6 is 0 Å². The molecule has 1 saturated heterocycles. The van der Waals surface area contributed by atoms with Crippen LogP contribution in [0.25, 0.3) is 0 Å². The van der Waals surface area contributed by atoms with Crippen molar-refractivity contribution in [2.24, 2.45) is 0 Å². The molecular weight excluding hydrogens is 356 g/mol. The third-order valence-electron chi connectivity index (χ3n) is 5.47. The minimum atomic E-state index is -0.990. The largest absolute Gasteiger partial charge is 0.394 e. The molecule has 1 heterocycles. The molecule has 1 fully saturated rings. The predicted octanol–water partition coefficient (Wildman–Crippen LogP) is 4.13. The molecule has 0 unspecified atom stereocenters. The minimum Gasteiger partial charge on any atom is -0.394 e. The molecular formula is C23H44O5. The van der Waals surface area contributed by atoms with Gasteiger partial charge in [-0.25, -0.2) is 0 Å².